The standard InChI is InChI=1S/C25H29NO6/c1-3-14-28-25-21(26-17(2)27)23(29-15-18-10-6-4-7-11-18)22-20(31-25)16-30-24(32-22)19-12-8-5-9-13-19/h3-13,20-25H,1,14-16H2,2H3,(H,26,27)/t20-,21-,22-,23+,24-,25+/m1/s1. The molecule has 2 heterocycles. The summed E-state index contributed by atoms with van der Waals surface area (Å²) < 4.78 is 30.7. The normalized spacial score (nSPS) is 29.7. The molecule has 2 aromatic rings. The molecule has 0 unspecified atom stereocenters. The van der Waals surface area contributed by atoms with Crippen LogP contribution in [0.4, 0.5) is 0 Å². The maximum absolute atomic E-state index is 12.0. The zero-order chi connectivity index (χ0) is 22.3. The Morgan fingerprint density at radius 2 is 1.81 bits per heavy atom. The van der Waals surface area contributed by atoms with Gasteiger partial charge in [0.1, 0.15) is 24.4 Å². The van der Waals surface area contributed by atoms with E-state index in [0.717, 1.165) is 11.1 Å². The van der Waals surface area contributed by atoms with E-state index in [9.17, 15) is 4.79 Å². The quantitative estimate of drug-likeness (QED) is 0.637. The number of carbonyl (C=O) groups is 1. The van der Waals surface area contributed by atoms with E-state index in [1.807, 2.05) is 60.7 Å². The molecule has 2 aliphatic rings. The second-order valence-electron chi connectivity index (χ2n) is 7.83. The predicted molar refractivity (Wildman–Crippen MR) is 117 cm³/mol. The zero-order valence-electron chi connectivity index (χ0n) is 18.1. The van der Waals surface area contributed by atoms with Gasteiger partial charge in [-0.1, -0.05) is 66.7 Å². The lowest BCUT2D eigenvalue weighted by molar-refractivity contribution is -0.348. The molecule has 170 valence electrons. The monoisotopic (exact) mass is 439 g/mol. The van der Waals surface area contributed by atoms with Crippen molar-refractivity contribution >= 4 is 5.91 Å². The summed E-state index contributed by atoms with van der Waals surface area (Å²) in [5, 5.41) is 2.95. The van der Waals surface area contributed by atoms with Crippen LogP contribution >= 0.6 is 0 Å². The summed E-state index contributed by atoms with van der Waals surface area (Å²) in [6.07, 6.45) is -1.01. The minimum Gasteiger partial charge on any atom is -0.368 e. The summed E-state index contributed by atoms with van der Waals surface area (Å²) in [5.74, 6) is -0.204. The van der Waals surface area contributed by atoms with Crippen molar-refractivity contribution in [3.05, 3.63) is 84.4 Å². The van der Waals surface area contributed by atoms with Gasteiger partial charge in [0.05, 0.1) is 19.8 Å². The van der Waals surface area contributed by atoms with Crippen LogP contribution in [0.2, 0.25) is 0 Å². The van der Waals surface area contributed by atoms with Crippen LogP contribution < -0.4 is 5.32 Å². The van der Waals surface area contributed by atoms with Gasteiger partial charge < -0.3 is 29.0 Å². The van der Waals surface area contributed by atoms with Gasteiger partial charge in [-0.15, -0.1) is 6.58 Å². The third-order valence-corrected chi connectivity index (χ3v) is 5.44. The van der Waals surface area contributed by atoms with E-state index >= 15 is 0 Å². The topological polar surface area (TPSA) is 75.2 Å². The SMILES string of the molecule is C=CCO[C@H]1O[C@@H]2CO[C@@H](c3ccccc3)O[C@H]2[C@@H](OCc2ccccc2)[C@H]1NC(C)=O. The molecule has 0 aliphatic carbocycles. The summed E-state index contributed by atoms with van der Waals surface area (Å²) >= 11 is 0. The number of carbonyl (C=O) groups excluding carboxylic acids is 1. The zero-order valence-corrected chi connectivity index (χ0v) is 18.1. The fourth-order valence-electron chi connectivity index (χ4n) is 4.01. The van der Waals surface area contributed by atoms with Crippen molar-refractivity contribution in [1.82, 2.24) is 5.32 Å². The number of hydrogen-bond acceptors (Lipinski definition) is 6. The van der Waals surface area contributed by atoms with Crippen molar-refractivity contribution in [2.45, 2.75) is 50.5 Å². The fourth-order valence-corrected chi connectivity index (χ4v) is 4.01. The van der Waals surface area contributed by atoms with Crippen molar-refractivity contribution in [2.75, 3.05) is 13.2 Å². The molecule has 0 spiro atoms. The maximum atomic E-state index is 12.0. The first-order chi connectivity index (χ1) is 15.7. The Labute approximate surface area is 188 Å². The van der Waals surface area contributed by atoms with Crippen LogP contribution in [0.5, 0.6) is 0 Å². The molecule has 2 saturated heterocycles. The lowest BCUT2D eigenvalue weighted by Crippen LogP contribution is -2.67. The first kappa shape index (κ1) is 22.6. The van der Waals surface area contributed by atoms with Crippen molar-refractivity contribution in [3.8, 4) is 0 Å². The summed E-state index contributed by atoms with van der Waals surface area (Å²) in [7, 11) is 0. The Kier molecular flexibility index (Phi) is 7.68. The van der Waals surface area contributed by atoms with Crippen LogP contribution in [-0.2, 0) is 35.1 Å². The molecule has 2 fully saturated rings. The van der Waals surface area contributed by atoms with E-state index in [2.05, 4.69) is 11.9 Å². The Bertz CT molecular complexity index is 877. The summed E-state index contributed by atoms with van der Waals surface area (Å²) in [6.45, 7) is 6.12. The van der Waals surface area contributed by atoms with Crippen molar-refractivity contribution in [1.29, 1.82) is 0 Å². The molecule has 2 aromatic carbocycles. The highest BCUT2D eigenvalue weighted by atomic mass is 16.7. The van der Waals surface area contributed by atoms with Gasteiger partial charge in [0.25, 0.3) is 0 Å². The highest BCUT2D eigenvalue weighted by Gasteiger charge is 2.51. The Hall–Kier alpha value is -2.55. The van der Waals surface area contributed by atoms with E-state index in [1.54, 1.807) is 6.08 Å². The van der Waals surface area contributed by atoms with Gasteiger partial charge >= 0.3 is 0 Å². The van der Waals surface area contributed by atoms with Gasteiger partial charge in [-0.3, -0.25) is 4.79 Å². The molecule has 7 heteroatoms. The smallest absolute Gasteiger partial charge is 0.217 e. The molecule has 0 bridgehead atoms. The number of benzene rings is 2. The number of hydrogen-bond donors (Lipinski definition) is 1. The number of ether oxygens (including phenoxy) is 5. The van der Waals surface area contributed by atoms with Crippen molar-refractivity contribution < 1.29 is 28.5 Å². The molecule has 1 N–H and O–H groups in total. The largest absolute Gasteiger partial charge is 0.368 e. The van der Waals surface area contributed by atoms with E-state index in [-0.39, 0.29) is 12.5 Å². The predicted octanol–water partition coefficient (Wildman–Crippen LogP) is 3.12. The lowest BCUT2D eigenvalue weighted by atomic mass is 9.95. The van der Waals surface area contributed by atoms with Gasteiger partial charge in [-0.25, -0.2) is 0 Å². The Morgan fingerprint density at radius 1 is 1.09 bits per heavy atom. The molecule has 0 aromatic heterocycles. The van der Waals surface area contributed by atoms with Gasteiger partial charge in [-0.2, -0.15) is 0 Å². The summed E-state index contributed by atoms with van der Waals surface area (Å²) in [4.78, 5) is 12.0. The second-order valence-corrected chi connectivity index (χ2v) is 7.83. The molecule has 32 heavy (non-hydrogen) atoms. The molecule has 0 radical (unpaired) electrons. The van der Waals surface area contributed by atoms with Crippen LogP contribution in [0, 0.1) is 0 Å². The van der Waals surface area contributed by atoms with Crippen LogP contribution in [0.1, 0.15) is 24.3 Å². The number of amides is 1. The van der Waals surface area contributed by atoms with E-state index in [1.165, 1.54) is 6.92 Å². The molecule has 2 aliphatic heterocycles. The Balaban J connectivity index is 1.59. The lowest BCUT2D eigenvalue weighted by Gasteiger charge is -2.49. The fraction of sp³-hybridized carbons (Fsp3) is 0.400. The number of nitrogens with one attached hydrogen (secondary N) is 1. The van der Waals surface area contributed by atoms with Gasteiger partial charge in [0, 0.05) is 12.5 Å². The summed E-state index contributed by atoms with van der Waals surface area (Å²) in [5.41, 5.74) is 1.93. The van der Waals surface area contributed by atoms with Crippen LogP contribution in [0.3, 0.4) is 0 Å². The van der Waals surface area contributed by atoms with Gasteiger partial charge in [0.15, 0.2) is 12.6 Å². The first-order valence-electron chi connectivity index (χ1n) is 10.8. The van der Waals surface area contributed by atoms with E-state index < -0.39 is 36.9 Å². The highest BCUT2D eigenvalue weighted by Crippen LogP contribution is 2.36. The average Bonchev–Trinajstić information content (AvgIpc) is 2.82. The van der Waals surface area contributed by atoms with Crippen molar-refractivity contribution in [3.63, 3.8) is 0 Å². The van der Waals surface area contributed by atoms with Crippen LogP contribution in [-0.4, -0.2) is 49.8 Å². The molecule has 0 saturated carbocycles. The molecule has 6 atom stereocenters. The van der Waals surface area contributed by atoms with Crippen LogP contribution in [0.15, 0.2) is 73.3 Å². The third-order valence-electron chi connectivity index (χ3n) is 5.44. The van der Waals surface area contributed by atoms with E-state index in [0.29, 0.717) is 13.2 Å². The summed E-state index contributed by atoms with van der Waals surface area (Å²) in [6, 6.07) is 19.0. The van der Waals surface area contributed by atoms with Gasteiger partial charge in [0.2, 0.25) is 5.91 Å². The highest BCUT2D eigenvalue weighted by molar-refractivity contribution is 5.73. The number of rotatable bonds is 8. The second kappa shape index (κ2) is 10.8. The molecular weight excluding hydrogens is 410 g/mol. The van der Waals surface area contributed by atoms with E-state index in [4.69, 9.17) is 23.7 Å². The maximum Gasteiger partial charge on any atom is 0.217 e. The molecule has 1 amide bonds. The minimum absolute atomic E-state index is 0.204. The molecule has 4 rings (SSSR count). The molecular formula is C25H29NO6. The first-order valence-corrected chi connectivity index (χ1v) is 10.8. The number of fused-ring (bicyclic) bond motifs is 1. The van der Waals surface area contributed by atoms with Crippen molar-refractivity contribution in [2.24, 2.45) is 0 Å². The third kappa shape index (κ3) is 5.43. The minimum atomic E-state index is -0.723. The van der Waals surface area contributed by atoms with Crippen LogP contribution in [0.25, 0.3) is 0 Å². The Morgan fingerprint density at radius 3 is 2.50 bits per heavy atom. The average molecular weight is 440 g/mol. The van der Waals surface area contributed by atoms with Gasteiger partial charge in [-0.05, 0) is 5.56 Å². The molecule has 7 nitrogen and oxygen atoms in total.